The van der Waals surface area contributed by atoms with Gasteiger partial charge in [-0.1, -0.05) is 78.3 Å². The van der Waals surface area contributed by atoms with Crippen LogP contribution < -0.4 is 4.74 Å². The normalized spacial score (nSPS) is 21.3. The summed E-state index contributed by atoms with van der Waals surface area (Å²) in [5.74, 6) is 1.75. The van der Waals surface area contributed by atoms with E-state index in [1.807, 2.05) is 18.2 Å². The molecule has 3 aliphatic rings. The Hall–Kier alpha value is -2.07. The second kappa shape index (κ2) is 10.7. The van der Waals surface area contributed by atoms with E-state index in [-0.39, 0.29) is 22.4 Å². The molecule has 0 spiro atoms. The summed E-state index contributed by atoms with van der Waals surface area (Å²) in [6.07, 6.45) is 9.29. The molecule has 0 saturated carbocycles. The number of halogens is 1. The van der Waals surface area contributed by atoms with Crippen molar-refractivity contribution in [2.75, 3.05) is 6.61 Å². The Morgan fingerprint density at radius 2 is 1.42 bits per heavy atom. The second-order valence-electron chi connectivity index (χ2n) is 12.4. The van der Waals surface area contributed by atoms with Crippen LogP contribution in [0.1, 0.15) is 110 Å². The molecular formula is C31H41ClO4. The van der Waals surface area contributed by atoms with Gasteiger partial charge in [-0.05, 0) is 35.4 Å². The van der Waals surface area contributed by atoms with Gasteiger partial charge < -0.3 is 9.47 Å². The molecule has 1 aromatic carbocycles. The number of carbonyl (C=O) groups is 2. The Morgan fingerprint density at radius 3 is 2.00 bits per heavy atom. The minimum absolute atomic E-state index is 0.0530. The maximum absolute atomic E-state index is 13.6. The molecule has 0 bridgehead atoms. The van der Waals surface area contributed by atoms with Crippen LogP contribution in [0.15, 0.2) is 40.9 Å². The molecule has 0 saturated heterocycles. The third-order valence-corrected chi connectivity index (χ3v) is 7.86. The highest BCUT2D eigenvalue weighted by molar-refractivity contribution is 6.30. The molecule has 4 rings (SSSR count). The van der Waals surface area contributed by atoms with Crippen molar-refractivity contribution in [3.05, 3.63) is 51.4 Å². The summed E-state index contributed by atoms with van der Waals surface area (Å²) in [5, 5.41) is 0.569. The fourth-order valence-corrected chi connectivity index (χ4v) is 6.11. The minimum Gasteiger partial charge on any atom is -0.493 e. The highest BCUT2D eigenvalue weighted by Crippen LogP contribution is 2.54. The Kier molecular flexibility index (Phi) is 8.04. The smallest absolute Gasteiger partial charge is 0.163 e. The predicted octanol–water partition coefficient (Wildman–Crippen LogP) is 8.48. The van der Waals surface area contributed by atoms with Gasteiger partial charge in [0.05, 0.1) is 12.5 Å². The summed E-state index contributed by atoms with van der Waals surface area (Å²) in [4.78, 5) is 27.1. The van der Waals surface area contributed by atoms with Crippen molar-refractivity contribution in [3.63, 3.8) is 0 Å². The summed E-state index contributed by atoms with van der Waals surface area (Å²) in [6, 6.07) is 5.59. The van der Waals surface area contributed by atoms with Crippen LogP contribution in [0.25, 0.3) is 0 Å². The lowest BCUT2D eigenvalue weighted by atomic mass is 9.65. The molecule has 0 atom stereocenters. The van der Waals surface area contributed by atoms with Crippen molar-refractivity contribution < 1.29 is 19.1 Å². The molecule has 0 aromatic heterocycles. The van der Waals surface area contributed by atoms with Crippen molar-refractivity contribution in [1.29, 1.82) is 0 Å². The molecule has 2 aliphatic carbocycles. The number of hydrogen-bond acceptors (Lipinski definition) is 4. The number of allylic oxidation sites excluding steroid dienone is 4. The molecule has 5 heteroatoms. The van der Waals surface area contributed by atoms with Gasteiger partial charge in [0.1, 0.15) is 17.3 Å². The van der Waals surface area contributed by atoms with E-state index in [9.17, 15) is 9.59 Å². The summed E-state index contributed by atoms with van der Waals surface area (Å²) in [5.41, 5.74) is 1.68. The van der Waals surface area contributed by atoms with E-state index in [4.69, 9.17) is 21.1 Å². The SMILES string of the molecule is CCCCCCCCOc1ccc(Cl)cc1C1C2=C(CC(C)(C)CC2=O)OC2=C1C(=O)CC(C)(C)C2. The van der Waals surface area contributed by atoms with Crippen LogP contribution in [-0.4, -0.2) is 18.2 Å². The lowest BCUT2D eigenvalue weighted by Gasteiger charge is -2.43. The summed E-state index contributed by atoms with van der Waals surface area (Å²) < 4.78 is 12.7. The molecule has 0 fully saturated rings. The van der Waals surface area contributed by atoms with Crippen LogP contribution in [0.5, 0.6) is 5.75 Å². The number of benzene rings is 1. The molecule has 0 radical (unpaired) electrons. The van der Waals surface area contributed by atoms with E-state index in [1.54, 1.807) is 0 Å². The third kappa shape index (κ3) is 5.90. The maximum atomic E-state index is 13.6. The monoisotopic (exact) mass is 512 g/mol. The van der Waals surface area contributed by atoms with Crippen molar-refractivity contribution in [2.45, 2.75) is 105 Å². The van der Waals surface area contributed by atoms with E-state index in [2.05, 4.69) is 34.6 Å². The number of rotatable bonds is 9. The summed E-state index contributed by atoms with van der Waals surface area (Å²) in [7, 11) is 0. The standard InChI is InChI=1S/C31H41ClO4/c1-6-7-8-9-10-11-14-35-24-13-12-20(32)15-21(24)27-28-22(33)16-30(2,3)18-25(28)36-26-19-31(4,5)17-23(34)29(26)27/h12-13,15,27H,6-11,14,16-19H2,1-5H3. The first kappa shape index (κ1) is 27.0. The zero-order valence-corrected chi connectivity index (χ0v) is 23.4. The van der Waals surface area contributed by atoms with Gasteiger partial charge in [-0.2, -0.15) is 0 Å². The van der Waals surface area contributed by atoms with E-state index in [0.29, 0.717) is 65.7 Å². The van der Waals surface area contributed by atoms with E-state index < -0.39 is 5.92 Å². The van der Waals surface area contributed by atoms with E-state index in [0.717, 1.165) is 18.4 Å². The average molecular weight is 513 g/mol. The van der Waals surface area contributed by atoms with Crippen LogP contribution in [0.2, 0.25) is 5.02 Å². The average Bonchev–Trinajstić information content (AvgIpc) is 2.76. The fraction of sp³-hybridized carbons (Fsp3) is 0.613. The van der Waals surface area contributed by atoms with Gasteiger partial charge in [-0.3, -0.25) is 9.59 Å². The first-order valence-corrected chi connectivity index (χ1v) is 14.0. The summed E-state index contributed by atoms with van der Waals surface area (Å²) in [6.45, 7) is 11.2. The summed E-state index contributed by atoms with van der Waals surface area (Å²) >= 11 is 6.49. The molecule has 0 unspecified atom stereocenters. The molecule has 196 valence electrons. The van der Waals surface area contributed by atoms with Gasteiger partial charge in [-0.25, -0.2) is 0 Å². The zero-order chi connectivity index (χ0) is 26.1. The lowest BCUT2D eigenvalue weighted by Crippen LogP contribution is -2.37. The fourth-order valence-electron chi connectivity index (χ4n) is 5.93. The van der Waals surface area contributed by atoms with Crippen LogP contribution in [-0.2, 0) is 14.3 Å². The van der Waals surface area contributed by atoms with Gasteiger partial charge in [-0.15, -0.1) is 0 Å². The third-order valence-electron chi connectivity index (χ3n) is 7.62. The number of unbranched alkanes of at least 4 members (excludes halogenated alkanes) is 5. The maximum Gasteiger partial charge on any atom is 0.163 e. The van der Waals surface area contributed by atoms with Gasteiger partial charge in [0.25, 0.3) is 0 Å². The highest BCUT2D eigenvalue weighted by atomic mass is 35.5. The molecule has 1 aromatic rings. The second-order valence-corrected chi connectivity index (χ2v) is 12.8. The number of Topliss-reactive ketones (excluding diaryl/α,β-unsaturated/α-hetero) is 2. The Morgan fingerprint density at radius 1 is 0.861 bits per heavy atom. The lowest BCUT2D eigenvalue weighted by molar-refractivity contribution is -0.120. The molecule has 1 heterocycles. The Labute approximate surface area is 221 Å². The Bertz CT molecular complexity index is 1040. The minimum atomic E-state index is -0.491. The van der Waals surface area contributed by atoms with Gasteiger partial charge in [0, 0.05) is 47.4 Å². The van der Waals surface area contributed by atoms with Gasteiger partial charge in [0.15, 0.2) is 11.6 Å². The number of hydrogen-bond donors (Lipinski definition) is 0. The van der Waals surface area contributed by atoms with Crippen molar-refractivity contribution in [1.82, 2.24) is 0 Å². The molecule has 0 N–H and O–H groups in total. The number of carbonyl (C=O) groups excluding carboxylic acids is 2. The van der Waals surface area contributed by atoms with Crippen molar-refractivity contribution >= 4 is 23.2 Å². The topological polar surface area (TPSA) is 52.6 Å². The molecule has 4 nitrogen and oxygen atoms in total. The predicted molar refractivity (Wildman–Crippen MR) is 144 cm³/mol. The van der Waals surface area contributed by atoms with E-state index in [1.165, 1.54) is 25.7 Å². The molecule has 36 heavy (non-hydrogen) atoms. The van der Waals surface area contributed by atoms with Gasteiger partial charge >= 0.3 is 0 Å². The quantitative estimate of drug-likeness (QED) is 0.311. The molecular weight excluding hydrogens is 472 g/mol. The highest BCUT2D eigenvalue weighted by Gasteiger charge is 2.48. The van der Waals surface area contributed by atoms with E-state index >= 15 is 0 Å². The van der Waals surface area contributed by atoms with Crippen molar-refractivity contribution in [2.24, 2.45) is 10.8 Å². The molecule has 1 aliphatic heterocycles. The largest absolute Gasteiger partial charge is 0.493 e. The van der Waals surface area contributed by atoms with Crippen LogP contribution >= 0.6 is 11.6 Å². The van der Waals surface area contributed by atoms with Crippen LogP contribution in [0.4, 0.5) is 0 Å². The zero-order valence-electron chi connectivity index (χ0n) is 22.6. The van der Waals surface area contributed by atoms with Gasteiger partial charge in [0.2, 0.25) is 0 Å². The van der Waals surface area contributed by atoms with Crippen molar-refractivity contribution in [3.8, 4) is 5.75 Å². The first-order chi connectivity index (χ1) is 17.0. The molecule has 0 amide bonds. The number of ketones is 2. The number of ether oxygens (including phenoxy) is 2. The van der Waals surface area contributed by atoms with Crippen LogP contribution in [0.3, 0.4) is 0 Å². The van der Waals surface area contributed by atoms with Crippen LogP contribution in [0, 0.1) is 10.8 Å². The first-order valence-electron chi connectivity index (χ1n) is 13.6. The Balaban J connectivity index is 1.71.